The molecule has 0 saturated carbocycles. The molecule has 0 aliphatic heterocycles. The molecule has 0 bridgehead atoms. The van der Waals surface area contributed by atoms with Crippen molar-refractivity contribution in [2.75, 3.05) is 6.26 Å². The van der Waals surface area contributed by atoms with Crippen molar-refractivity contribution in [3.8, 4) is 5.75 Å². The Bertz CT molecular complexity index is 491. The minimum atomic E-state index is 0.302. The van der Waals surface area contributed by atoms with Crippen LogP contribution in [0, 0.1) is 13.8 Å². The summed E-state index contributed by atoms with van der Waals surface area (Å²) in [6, 6.07) is 6.07. The molecular formula is C12H14N2O2S. The Morgan fingerprint density at radius 1 is 1.18 bits per heavy atom. The Labute approximate surface area is 104 Å². The third-order valence-corrected chi connectivity index (χ3v) is 2.69. The third-order valence-electron chi connectivity index (χ3n) is 2.18. The summed E-state index contributed by atoms with van der Waals surface area (Å²) in [4.78, 5) is 0. The third kappa shape index (κ3) is 3.23. The van der Waals surface area contributed by atoms with Crippen LogP contribution in [-0.2, 0) is 6.61 Å². The SMILES string of the molecule is CSc1nnc(COc2cc(C)cc(C)c2)o1. The standard InChI is InChI=1S/C12H14N2O2S/c1-8-4-9(2)6-10(5-8)15-7-11-13-14-12(16-11)17-3/h4-6H,7H2,1-3H3. The number of hydrogen-bond acceptors (Lipinski definition) is 5. The van der Waals surface area contributed by atoms with Crippen molar-refractivity contribution in [2.45, 2.75) is 25.7 Å². The summed E-state index contributed by atoms with van der Waals surface area (Å²) in [7, 11) is 0. The number of hydrogen-bond donors (Lipinski definition) is 0. The fourth-order valence-electron chi connectivity index (χ4n) is 1.54. The van der Waals surface area contributed by atoms with Gasteiger partial charge in [-0.3, -0.25) is 0 Å². The Balaban J connectivity index is 2.01. The molecule has 90 valence electrons. The topological polar surface area (TPSA) is 48.2 Å². The second-order valence-corrected chi connectivity index (χ2v) is 4.54. The summed E-state index contributed by atoms with van der Waals surface area (Å²) in [6.45, 7) is 4.38. The summed E-state index contributed by atoms with van der Waals surface area (Å²) in [6.07, 6.45) is 1.89. The van der Waals surface area contributed by atoms with Crippen LogP contribution >= 0.6 is 11.8 Å². The second-order valence-electron chi connectivity index (χ2n) is 3.78. The zero-order chi connectivity index (χ0) is 12.3. The first-order valence-corrected chi connectivity index (χ1v) is 6.47. The number of ether oxygens (including phenoxy) is 1. The highest BCUT2D eigenvalue weighted by Crippen LogP contribution is 2.18. The van der Waals surface area contributed by atoms with E-state index in [1.165, 1.54) is 22.9 Å². The van der Waals surface area contributed by atoms with Gasteiger partial charge in [-0.05, 0) is 43.4 Å². The van der Waals surface area contributed by atoms with Crippen molar-refractivity contribution in [1.29, 1.82) is 0 Å². The fraction of sp³-hybridized carbons (Fsp3) is 0.333. The average molecular weight is 250 g/mol. The first-order chi connectivity index (χ1) is 8.17. The van der Waals surface area contributed by atoms with Gasteiger partial charge < -0.3 is 9.15 Å². The van der Waals surface area contributed by atoms with Gasteiger partial charge in [0.05, 0.1) is 0 Å². The first kappa shape index (κ1) is 12.0. The average Bonchev–Trinajstić information content (AvgIpc) is 2.73. The van der Waals surface area contributed by atoms with Crippen LogP contribution in [-0.4, -0.2) is 16.5 Å². The molecule has 0 saturated heterocycles. The Kier molecular flexibility index (Phi) is 3.68. The van der Waals surface area contributed by atoms with Gasteiger partial charge in [0, 0.05) is 0 Å². The van der Waals surface area contributed by atoms with Crippen LogP contribution in [0.4, 0.5) is 0 Å². The molecular weight excluding hydrogens is 236 g/mol. The molecule has 0 unspecified atom stereocenters. The molecule has 0 N–H and O–H groups in total. The summed E-state index contributed by atoms with van der Waals surface area (Å²) in [5.41, 5.74) is 2.35. The molecule has 2 aromatic rings. The van der Waals surface area contributed by atoms with Crippen LogP contribution in [0.5, 0.6) is 5.75 Å². The van der Waals surface area contributed by atoms with Gasteiger partial charge in [0.2, 0.25) is 0 Å². The van der Waals surface area contributed by atoms with Crippen molar-refractivity contribution in [1.82, 2.24) is 10.2 Å². The zero-order valence-corrected chi connectivity index (χ0v) is 10.9. The van der Waals surface area contributed by atoms with Crippen molar-refractivity contribution in [3.05, 3.63) is 35.2 Å². The predicted octanol–water partition coefficient (Wildman–Crippen LogP) is 2.99. The van der Waals surface area contributed by atoms with E-state index >= 15 is 0 Å². The zero-order valence-electron chi connectivity index (χ0n) is 10.1. The molecule has 0 spiro atoms. The van der Waals surface area contributed by atoms with Gasteiger partial charge in [0.15, 0.2) is 6.61 Å². The van der Waals surface area contributed by atoms with Crippen LogP contribution in [0.3, 0.4) is 0 Å². The molecule has 0 fully saturated rings. The van der Waals surface area contributed by atoms with Gasteiger partial charge in [-0.25, -0.2) is 0 Å². The van der Waals surface area contributed by atoms with E-state index in [2.05, 4.69) is 16.3 Å². The van der Waals surface area contributed by atoms with Crippen LogP contribution in [0.2, 0.25) is 0 Å². The van der Waals surface area contributed by atoms with Gasteiger partial charge in [-0.2, -0.15) is 0 Å². The molecule has 1 aromatic carbocycles. The summed E-state index contributed by atoms with van der Waals surface area (Å²) in [5, 5.41) is 8.29. The number of aryl methyl sites for hydroxylation is 2. The lowest BCUT2D eigenvalue weighted by Gasteiger charge is -2.05. The fourth-order valence-corrected chi connectivity index (χ4v) is 1.84. The van der Waals surface area contributed by atoms with Gasteiger partial charge in [0.25, 0.3) is 11.1 Å². The van der Waals surface area contributed by atoms with Gasteiger partial charge >= 0.3 is 0 Å². The molecule has 0 amide bonds. The van der Waals surface area contributed by atoms with Crippen LogP contribution in [0.15, 0.2) is 27.8 Å². The van der Waals surface area contributed by atoms with E-state index in [0.717, 1.165) is 5.75 Å². The van der Waals surface area contributed by atoms with Gasteiger partial charge in [-0.1, -0.05) is 17.8 Å². The van der Waals surface area contributed by atoms with E-state index in [0.29, 0.717) is 17.7 Å². The van der Waals surface area contributed by atoms with E-state index in [1.807, 2.05) is 32.2 Å². The smallest absolute Gasteiger partial charge is 0.276 e. The van der Waals surface area contributed by atoms with Gasteiger partial charge in [-0.15, -0.1) is 10.2 Å². The molecule has 4 nitrogen and oxygen atoms in total. The highest BCUT2D eigenvalue weighted by molar-refractivity contribution is 7.98. The van der Waals surface area contributed by atoms with Crippen LogP contribution in [0.1, 0.15) is 17.0 Å². The minimum Gasteiger partial charge on any atom is -0.484 e. The lowest BCUT2D eigenvalue weighted by atomic mass is 10.1. The molecule has 1 aromatic heterocycles. The van der Waals surface area contributed by atoms with E-state index in [4.69, 9.17) is 9.15 Å². The van der Waals surface area contributed by atoms with E-state index < -0.39 is 0 Å². The largest absolute Gasteiger partial charge is 0.484 e. The van der Waals surface area contributed by atoms with Crippen LogP contribution < -0.4 is 4.74 Å². The highest BCUT2D eigenvalue weighted by Gasteiger charge is 2.05. The molecule has 2 rings (SSSR count). The number of benzene rings is 1. The quantitative estimate of drug-likeness (QED) is 0.781. The number of rotatable bonds is 4. The lowest BCUT2D eigenvalue weighted by molar-refractivity contribution is 0.252. The maximum Gasteiger partial charge on any atom is 0.276 e. The number of thioether (sulfide) groups is 1. The molecule has 0 aliphatic rings. The summed E-state index contributed by atoms with van der Waals surface area (Å²) in [5.74, 6) is 1.32. The van der Waals surface area contributed by atoms with Crippen molar-refractivity contribution in [2.24, 2.45) is 0 Å². The van der Waals surface area contributed by atoms with Crippen molar-refractivity contribution in [3.63, 3.8) is 0 Å². The predicted molar refractivity (Wildman–Crippen MR) is 66.3 cm³/mol. The molecule has 17 heavy (non-hydrogen) atoms. The highest BCUT2D eigenvalue weighted by atomic mass is 32.2. The first-order valence-electron chi connectivity index (χ1n) is 5.25. The summed E-state index contributed by atoms with van der Waals surface area (Å²) < 4.78 is 10.9. The van der Waals surface area contributed by atoms with Gasteiger partial charge in [0.1, 0.15) is 5.75 Å². The second kappa shape index (κ2) is 5.23. The van der Waals surface area contributed by atoms with Crippen molar-refractivity contribution < 1.29 is 9.15 Å². The molecule has 0 radical (unpaired) electrons. The molecule has 0 aliphatic carbocycles. The van der Waals surface area contributed by atoms with E-state index in [1.54, 1.807) is 0 Å². The van der Waals surface area contributed by atoms with Crippen molar-refractivity contribution >= 4 is 11.8 Å². The number of nitrogens with zero attached hydrogens (tertiary/aromatic N) is 2. The summed E-state index contributed by atoms with van der Waals surface area (Å²) >= 11 is 1.42. The monoisotopic (exact) mass is 250 g/mol. The number of aromatic nitrogens is 2. The normalized spacial score (nSPS) is 10.5. The maximum atomic E-state index is 5.61. The molecule has 0 atom stereocenters. The Hall–Kier alpha value is -1.49. The molecule has 5 heteroatoms. The Morgan fingerprint density at radius 2 is 1.88 bits per heavy atom. The Morgan fingerprint density at radius 3 is 2.47 bits per heavy atom. The minimum absolute atomic E-state index is 0.302. The van der Waals surface area contributed by atoms with E-state index in [9.17, 15) is 0 Å². The molecule has 1 heterocycles. The lowest BCUT2D eigenvalue weighted by Crippen LogP contribution is -1.96. The van der Waals surface area contributed by atoms with Crippen LogP contribution in [0.25, 0.3) is 0 Å². The van der Waals surface area contributed by atoms with E-state index in [-0.39, 0.29) is 0 Å². The maximum absolute atomic E-state index is 5.61.